The number of likely N-dealkylation sites (N-methyl/N-ethyl adjacent to an activating group) is 1. The highest BCUT2D eigenvalue weighted by atomic mass is 32.2. The number of aliphatic imine (C=N–C) groups is 1. The molecule has 2 aromatic carbocycles. The Labute approximate surface area is 157 Å². The number of hydrogen-bond acceptors (Lipinski definition) is 5. The minimum Gasteiger partial charge on any atom is -0.504 e. The number of thioether (sulfide) groups is 1. The van der Waals surface area contributed by atoms with Gasteiger partial charge >= 0.3 is 0 Å². The normalized spacial score (nSPS) is 17.3. The minimum atomic E-state index is -0.105. The Morgan fingerprint density at radius 1 is 1.23 bits per heavy atom. The van der Waals surface area contributed by atoms with Crippen molar-refractivity contribution in [1.82, 2.24) is 4.90 Å². The molecule has 0 radical (unpaired) electrons. The predicted octanol–water partition coefficient (Wildman–Crippen LogP) is 4.33. The summed E-state index contributed by atoms with van der Waals surface area (Å²) in [6.45, 7) is 4.33. The number of rotatable bonds is 4. The molecule has 1 N–H and O–H groups in total. The Hall–Kier alpha value is -2.73. The van der Waals surface area contributed by atoms with E-state index in [4.69, 9.17) is 4.74 Å². The minimum absolute atomic E-state index is 0.0816. The molecule has 6 heteroatoms. The van der Waals surface area contributed by atoms with E-state index in [2.05, 4.69) is 4.99 Å². The Morgan fingerprint density at radius 3 is 2.65 bits per heavy atom. The summed E-state index contributed by atoms with van der Waals surface area (Å²) in [6, 6.07) is 12.9. The second-order valence-electron chi connectivity index (χ2n) is 5.86. The van der Waals surface area contributed by atoms with Crippen LogP contribution in [0.4, 0.5) is 5.69 Å². The third kappa shape index (κ3) is 3.91. The molecule has 26 heavy (non-hydrogen) atoms. The van der Waals surface area contributed by atoms with Crippen LogP contribution in [0, 0.1) is 6.92 Å². The van der Waals surface area contributed by atoms with Crippen molar-refractivity contribution in [2.45, 2.75) is 13.8 Å². The molecular weight excluding hydrogens is 348 g/mol. The maximum absolute atomic E-state index is 12.5. The van der Waals surface area contributed by atoms with Gasteiger partial charge in [-0.05, 0) is 61.5 Å². The van der Waals surface area contributed by atoms with Crippen LogP contribution < -0.4 is 4.74 Å². The Balaban J connectivity index is 1.87. The highest BCUT2D eigenvalue weighted by Gasteiger charge is 2.30. The lowest BCUT2D eigenvalue weighted by atomic mass is 10.2. The van der Waals surface area contributed by atoms with E-state index in [9.17, 15) is 9.90 Å². The summed E-state index contributed by atoms with van der Waals surface area (Å²) in [5.74, 6) is 0.379. The summed E-state index contributed by atoms with van der Waals surface area (Å²) in [7, 11) is 1.71. The van der Waals surface area contributed by atoms with Gasteiger partial charge in [-0.25, -0.2) is 4.99 Å². The van der Waals surface area contributed by atoms with E-state index in [1.807, 2.05) is 38.1 Å². The number of aromatic hydroxyl groups is 1. The number of carbonyl (C=O) groups excluding carboxylic acids is 1. The van der Waals surface area contributed by atoms with Crippen molar-refractivity contribution >= 4 is 34.6 Å². The van der Waals surface area contributed by atoms with E-state index in [1.54, 1.807) is 36.2 Å². The van der Waals surface area contributed by atoms with E-state index in [0.717, 1.165) is 16.8 Å². The maximum Gasteiger partial charge on any atom is 0.266 e. The van der Waals surface area contributed by atoms with Crippen LogP contribution in [0.2, 0.25) is 0 Å². The molecule has 2 aromatic rings. The van der Waals surface area contributed by atoms with Crippen LogP contribution in [0.15, 0.2) is 52.4 Å². The second-order valence-corrected chi connectivity index (χ2v) is 6.87. The van der Waals surface area contributed by atoms with Gasteiger partial charge in [0.25, 0.3) is 5.91 Å². The summed E-state index contributed by atoms with van der Waals surface area (Å²) in [6.07, 6.45) is 1.78. The summed E-state index contributed by atoms with van der Waals surface area (Å²) in [4.78, 5) is 19.2. The zero-order chi connectivity index (χ0) is 18.7. The second kappa shape index (κ2) is 7.66. The SMILES string of the molecule is CCOc1cc(/C=C2\SC(=Nc3ccc(C)cc3)N(C)C2=O)ccc1O. The van der Waals surface area contributed by atoms with Gasteiger partial charge in [0.1, 0.15) is 0 Å². The summed E-state index contributed by atoms with van der Waals surface area (Å²) in [5.41, 5.74) is 2.75. The van der Waals surface area contributed by atoms with Gasteiger partial charge in [-0.3, -0.25) is 9.69 Å². The molecule has 0 unspecified atom stereocenters. The van der Waals surface area contributed by atoms with Gasteiger partial charge in [0.05, 0.1) is 17.2 Å². The number of amides is 1. The molecule has 1 amide bonds. The largest absolute Gasteiger partial charge is 0.504 e. The monoisotopic (exact) mass is 368 g/mol. The number of amidine groups is 1. The van der Waals surface area contributed by atoms with Gasteiger partial charge in [-0.2, -0.15) is 0 Å². The number of phenolic OH excluding ortho intramolecular Hbond substituents is 1. The van der Waals surface area contributed by atoms with Crippen LogP contribution in [0.1, 0.15) is 18.1 Å². The van der Waals surface area contributed by atoms with Crippen LogP contribution in [0.5, 0.6) is 11.5 Å². The molecule has 0 saturated carbocycles. The quantitative estimate of drug-likeness (QED) is 0.816. The third-order valence-electron chi connectivity index (χ3n) is 3.84. The first-order valence-corrected chi connectivity index (χ1v) is 9.08. The van der Waals surface area contributed by atoms with Crippen molar-refractivity contribution in [2.75, 3.05) is 13.7 Å². The van der Waals surface area contributed by atoms with Crippen LogP contribution >= 0.6 is 11.8 Å². The Kier molecular flexibility index (Phi) is 5.32. The summed E-state index contributed by atoms with van der Waals surface area (Å²) >= 11 is 1.33. The van der Waals surface area contributed by atoms with Crippen molar-refractivity contribution in [2.24, 2.45) is 4.99 Å². The molecule has 134 valence electrons. The smallest absolute Gasteiger partial charge is 0.266 e. The van der Waals surface area contributed by atoms with Crippen LogP contribution in [0.3, 0.4) is 0 Å². The number of aryl methyl sites for hydroxylation is 1. The van der Waals surface area contributed by atoms with Crippen molar-refractivity contribution < 1.29 is 14.6 Å². The van der Waals surface area contributed by atoms with E-state index < -0.39 is 0 Å². The number of hydrogen-bond donors (Lipinski definition) is 1. The molecule has 0 spiro atoms. The molecule has 1 heterocycles. The first-order valence-electron chi connectivity index (χ1n) is 8.26. The topological polar surface area (TPSA) is 62.1 Å². The van der Waals surface area contributed by atoms with E-state index >= 15 is 0 Å². The third-order valence-corrected chi connectivity index (χ3v) is 4.90. The van der Waals surface area contributed by atoms with Crippen molar-refractivity contribution in [3.05, 3.63) is 58.5 Å². The average molecular weight is 368 g/mol. The van der Waals surface area contributed by atoms with E-state index in [1.165, 1.54) is 11.8 Å². The van der Waals surface area contributed by atoms with Crippen molar-refractivity contribution in [3.63, 3.8) is 0 Å². The average Bonchev–Trinajstić information content (AvgIpc) is 2.88. The highest BCUT2D eigenvalue weighted by Crippen LogP contribution is 2.34. The number of phenols is 1. The first-order chi connectivity index (χ1) is 12.5. The zero-order valence-corrected chi connectivity index (χ0v) is 15.7. The van der Waals surface area contributed by atoms with Gasteiger partial charge < -0.3 is 9.84 Å². The van der Waals surface area contributed by atoms with Crippen molar-refractivity contribution in [3.8, 4) is 11.5 Å². The van der Waals surface area contributed by atoms with E-state index in [-0.39, 0.29) is 11.7 Å². The molecule has 3 rings (SSSR count). The molecule has 0 aromatic heterocycles. The molecule has 1 saturated heterocycles. The highest BCUT2D eigenvalue weighted by molar-refractivity contribution is 8.18. The lowest BCUT2D eigenvalue weighted by molar-refractivity contribution is -0.121. The molecular formula is C20H20N2O3S. The van der Waals surface area contributed by atoms with Gasteiger partial charge in [0.2, 0.25) is 0 Å². The van der Waals surface area contributed by atoms with E-state index in [0.29, 0.717) is 22.4 Å². The van der Waals surface area contributed by atoms with Crippen LogP contribution in [0.25, 0.3) is 6.08 Å². The molecule has 0 bridgehead atoms. The van der Waals surface area contributed by atoms with Gasteiger partial charge in [0, 0.05) is 7.05 Å². The number of carbonyl (C=O) groups is 1. The fourth-order valence-electron chi connectivity index (χ4n) is 2.42. The van der Waals surface area contributed by atoms with Crippen LogP contribution in [-0.2, 0) is 4.79 Å². The van der Waals surface area contributed by atoms with Gasteiger partial charge in [0.15, 0.2) is 16.7 Å². The standard InChI is InChI=1S/C20H20N2O3S/c1-4-25-17-11-14(7-10-16(17)23)12-18-19(24)22(3)20(26-18)21-15-8-5-13(2)6-9-15/h5-12,23H,4H2,1-3H3/b18-12-,21-20?. The van der Waals surface area contributed by atoms with Gasteiger partial charge in [-0.15, -0.1) is 0 Å². The molecule has 5 nitrogen and oxygen atoms in total. The molecule has 1 aliphatic heterocycles. The summed E-state index contributed by atoms with van der Waals surface area (Å²) in [5, 5.41) is 10.4. The molecule has 0 aliphatic carbocycles. The number of nitrogens with zero attached hydrogens (tertiary/aromatic N) is 2. The predicted molar refractivity (Wildman–Crippen MR) is 106 cm³/mol. The van der Waals surface area contributed by atoms with Crippen molar-refractivity contribution in [1.29, 1.82) is 0 Å². The fraction of sp³-hybridized carbons (Fsp3) is 0.200. The fourth-order valence-corrected chi connectivity index (χ4v) is 3.41. The Morgan fingerprint density at radius 2 is 1.96 bits per heavy atom. The molecule has 1 fully saturated rings. The van der Waals surface area contributed by atoms with Gasteiger partial charge in [-0.1, -0.05) is 23.8 Å². The van der Waals surface area contributed by atoms with Crippen LogP contribution in [-0.4, -0.2) is 34.7 Å². The number of benzene rings is 2. The lowest BCUT2D eigenvalue weighted by Crippen LogP contribution is -2.23. The summed E-state index contributed by atoms with van der Waals surface area (Å²) < 4.78 is 5.39. The molecule has 1 aliphatic rings. The molecule has 0 atom stereocenters. The first kappa shape index (κ1) is 18.1. The zero-order valence-electron chi connectivity index (χ0n) is 14.9. The maximum atomic E-state index is 12.5. The lowest BCUT2D eigenvalue weighted by Gasteiger charge is -2.07. The Bertz CT molecular complexity index is 888. The number of ether oxygens (including phenoxy) is 1.